The number of hydrogen-bond donors (Lipinski definition) is 2. The van der Waals surface area contributed by atoms with Gasteiger partial charge < -0.3 is 10.6 Å². The first-order valence-corrected chi connectivity index (χ1v) is 11.0. The lowest BCUT2D eigenvalue weighted by Gasteiger charge is -2.13. The van der Waals surface area contributed by atoms with E-state index in [1.807, 2.05) is 0 Å². The van der Waals surface area contributed by atoms with Gasteiger partial charge in [0.1, 0.15) is 5.82 Å². The average Bonchev–Trinajstić information content (AvgIpc) is 2.77. The van der Waals surface area contributed by atoms with Gasteiger partial charge in [-0.05, 0) is 55.5 Å². The summed E-state index contributed by atoms with van der Waals surface area (Å²) >= 11 is 4.45. The van der Waals surface area contributed by atoms with Gasteiger partial charge in [-0.3, -0.25) is 19.7 Å². The molecule has 7 nitrogen and oxygen atoms in total. The van der Waals surface area contributed by atoms with Crippen LogP contribution in [0.25, 0.3) is 0 Å². The number of benzene rings is 3. The van der Waals surface area contributed by atoms with E-state index in [-0.39, 0.29) is 22.8 Å². The Bertz CT molecular complexity index is 1170. The van der Waals surface area contributed by atoms with Crippen LogP contribution in [0.3, 0.4) is 0 Å². The standard InChI is InChI=1S/C22H17BrFN3O4S/c1-13(21(28)26-20-10-5-15(23)12-19(20)24)32-18-8-6-16(7-9-18)25-22(29)14-3-2-4-17(11-14)27(30)31/h2-13H,1H3,(H,25,29)(H,26,28). The number of rotatable bonds is 7. The molecule has 10 heteroatoms. The van der Waals surface area contributed by atoms with E-state index in [1.54, 1.807) is 37.3 Å². The van der Waals surface area contributed by atoms with Crippen molar-refractivity contribution in [2.75, 3.05) is 10.6 Å². The first-order valence-electron chi connectivity index (χ1n) is 9.31. The van der Waals surface area contributed by atoms with Gasteiger partial charge in [-0.25, -0.2) is 4.39 Å². The van der Waals surface area contributed by atoms with Crippen molar-refractivity contribution < 1.29 is 18.9 Å². The highest BCUT2D eigenvalue weighted by atomic mass is 79.9. The number of nitro benzene ring substituents is 1. The van der Waals surface area contributed by atoms with Crippen LogP contribution in [0.4, 0.5) is 21.5 Å². The third-order valence-corrected chi connectivity index (χ3v) is 5.91. The first-order chi connectivity index (χ1) is 15.2. The first kappa shape index (κ1) is 23.4. The Balaban J connectivity index is 1.59. The fourth-order valence-electron chi connectivity index (χ4n) is 2.66. The number of halogens is 2. The summed E-state index contributed by atoms with van der Waals surface area (Å²) in [6.07, 6.45) is 0. The van der Waals surface area contributed by atoms with E-state index < -0.39 is 21.9 Å². The molecule has 1 atom stereocenters. The minimum atomic E-state index is -0.564. The maximum Gasteiger partial charge on any atom is 0.270 e. The van der Waals surface area contributed by atoms with E-state index in [0.29, 0.717) is 10.2 Å². The largest absolute Gasteiger partial charge is 0.323 e. The zero-order valence-electron chi connectivity index (χ0n) is 16.7. The molecule has 1 unspecified atom stereocenters. The molecule has 0 saturated heterocycles. The average molecular weight is 518 g/mol. The van der Waals surface area contributed by atoms with Gasteiger partial charge in [0.2, 0.25) is 5.91 Å². The predicted octanol–water partition coefficient (Wildman–Crippen LogP) is 5.87. The predicted molar refractivity (Wildman–Crippen MR) is 126 cm³/mol. The van der Waals surface area contributed by atoms with Crippen molar-refractivity contribution in [3.05, 3.63) is 92.7 Å². The molecule has 0 heterocycles. The number of hydrogen-bond acceptors (Lipinski definition) is 5. The highest BCUT2D eigenvalue weighted by Gasteiger charge is 2.17. The third-order valence-electron chi connectivity index (χ3n) is 4.30. The van der Waals surface area contributed by atoms with Crippen LogP contribution in [0.15, 0.2) is 76.1 Å². The highest BCUT2D eigenvalue weighted by Crippen LogP contribution is 2.27. The van der Waals surface area contributed by atoms with Crippen LogP contribution >= 0.6 is 27.7 Å². The molecule has 164 valence electrons. The number of thioether (sulfide) groups is 1. The van der Waals surface area contributed by atoms with Crippen LogP contribution in [0.1, 0.15) is 17.3 Å². The molecule has 0 aliphatic heterocycles. The van der Waals surface area contributed by atoms with Gasteiger partial charge in [0.25, 0.3) is 11.6 Å². The molecule has 2 amide bonds. The van der Waals surface area contributed by atoms with Gasteiger partial charge in [-0.1, -0.05) is 22.0 Å². The Morgan fingerprint density at radius 1 is 1.06 bits per heavy atom. The number of anilines is 2. The highest BCUT2D eigenvalue weighted by molar-refractivity contribution is 9.10. The number of carbonyl (C=O) groups is 2. The van der Waals surface area contributed by atoms with Crippen molar-refractivity contribution in [3.63, 3.8) is 0 Å². The smallest absolute Gasteiger partial charge is 0.270 e. The molecule has 0 saturated carbocycles. The Hall–Kier alpha value is -3.24. The third kappa shape index (κ3) is 6.14. The molecule has 0 aromatic heterocycles. The molecular formula is C22H17BrFN3O4S. The Labute approximate surface area is 195 Å². The summed E-state index contributed by atoms with van der Waals surface area (Å²) in [5, 5.41) is 15.6. The Kier molecular flexibility index (Phi) is 7.60. The van der Waals surface area contributed by atoms with E-state index in [4.69, 9.17) is 0 Å². The minimum absolute atomic E-state index is 0.102. The maximum absolute atomic E-state index is 13.9. The van der Waals surface area contributed by atoms with Gasteiger partial charge >= 0.3 is 0 Å². The normalized spacial score (nSPS) is 11.5. The molecule has 2 N–H and O–H groups in total. The van der Waals surface area contributed by atoms with E-state index in [0.717, 1.165) is 4.90 Å². The molecule has 3 aromatic rings. The maximum atomic E-state index is 13.9. The molecule has 0 spiro atoms. The lowest BCUT2D eigenvalue weighted by Crippen LogP contribution is -2.22. The summed E-state index contributed by atoms with van der Waals surface area (Å²) in [6, 6.07) is 16.6. The van der Waals surface area contributed by atoms with Crippen LogP contribution in [-0.4, -0.2) is 22.0 Å². The van der Waals surface area contributed by atoms with Gasteiger partial charge in [-0.2, -0.15) is 0 Å². The van der Waals surface area contributed by atoms with Crippen LogP contribution in [0, 0.1) is 15.9 Å². The molecule has 0 aliphatic carbocycles. The quantitative estimate of drug-likeness (QED) is 0.232. The zero-order chi connectivity index (χ0) is 23.3. The lowest BCUT2D eigenvalue weighted by atomic mass is 10.2. The topological polar surface area (TPSA) is 101 Å². The summed E-state index contributed by atoms with van der Waals surface area (Å²) < 4.78 is 14.5. The van der Waals surface area contributed by atoms with Gasteiger partial charge in [0, 0.05) is 32.8 Å². The molecule has 0 fully saturated rings. The van der Waals surface area contributed by atoms with Gasteiger partial charge in [0.05, 0.1) is 15.9 Å². The lowest BCUT2D eigenvalue weighted by molar-refractivity contribution is -0.384. The second-order valence-corrected chi connectivity index (χ2v) is 8.99. The van der Waals surface area contributed by atoms with Crippen molar-refractivity contribution in [1.29, 1.82) is 0 Å². The van der Waals surface area contributed by atoms with Crippen LogP contribution < -0.4 is 10.6 Å². The summed E-state index contributed by atoms with van der Waals surface area (Å²) in [6.45, 7) is 1.70. The number of nitro groups is 1. The summed E-state index contributed by atoms with van der Waals surface area (Å²) in [7, 11) is 0. The molecule has 0 radical (unpaired) electrons. The molecule has 0 aliphatic rings. The fourth-order valence-corrected chi connectivity index (χ4v) is 3.86. The second-order valence-electron chi connectivity index (χ2n) is 6.66. The van der Waals surface area contributed by atoms with Gasteiger partial charge in [0.15, 0.2) is 0 Å². The minimum Gasteiger partial charge on any atom is -0.323 e. The SMILES string of the molecule is CC(Sc1ccc(NC(=O)c2cccc([N+](=O)[O-])c2)cc1)C(=O)Nc1ccc(Br)cc1F. The van der Waals surface area contributed by atoms with Crippen LogP contribution in [0.5, 0.6) is 0 Å². The van der Waals surface area contributed by atoms with Gasteiger partial charge in [-0.15, -0.1) is 11.8 Å². The Morgan fingerprint density at radius 2 is 1.78 bits per heavy atom. The summed E-state index contributed by atoms with van der Waals surface area (Å²) in [4.78, 5) is 35.8. The molecule has 3 aromatic carbocycles. The van der Waals surface area contributed by atoms with Crippen LogP contribution in [-0.2, 0) is 4.79 Å². The van der Waals surface area contributed by atoms with E-state index >= 15 is 0 Å². The molecule has 32 heavy (non-hydrogen) atoms. The number of non-ortho nitro benzene ring substituents is 1. The number of carbonyl (C=O) groups excluding carboxylic acids is 2. The van der Waals surface area contributed by atoms with Crippen molar-refractivity contribution in [1.82, 2.24) is 0 Å². The second kappa shape index (κ2) is 10.4. The van der Waals surface area contributed by atoms with Crippen molar-refractivity contribution in [2.45, 2.75) is 17.1 Å². The molecule has 0 bridgehead atoms. The fraction of sp³-hybridized carbons (Fsp3) is 0.0909. The van der Waals surface area contributed by atoms with Crippen LogP contribution in [0.2, 0.25) is 0 Å². The Morgan fingerprint density at radius 3 is 2.44 bits per heavy atom. The van der Waals surface area contributed by atoms with E-state index in [1.165, 1.54) is 48.2 Å². The van der Waals surface area contributed by atoms with Crippen molar-refractivity contribution in [2.24, 2.45) is 0 Å². The van der Waals surface area contributed by atoms with E-state index in [2.05, 4.69) is 26.6 Å². The monoisotopic (exact) mass is 517 g/mol. The summed E-state index contributed by atoms with van der Waals surface area (Å²) in [5.74, 6) is -1.36. The molecular weight excluding hydrogens is 501 g/mol. The number of amides is 2. The van der Waals surface area contributed by atoms with E-state index in [9.17, 15) is 24.1 Å². The summed E-state index contributed by atoms with van der Waals surface area (Å²) in [5.41, 5.74) is 0.604. The zero-order valence-corrected chi connectivity index (χ0v) is 19.1. The number of nitrogens with one attached hydrogen (secondary N) is 2. The number of nitrogens with zero attached hydrogens (tertiary/aromatic N) is 1. The molecule has 3 rings (SSSR count). The van der Waals surface area contributed by atoms with Crippen molar-refractivity contribution >= 4 is 56.6 Å². The van der Waals surface area contributed by atoms with Crippen molar-refractivity contribution in [3.8, 4) is 0 Å².